The summed E-state index contributed by atoms with van der Waals surface area (Å²) in [5, 5.41) is 9.93. The molecule has 3 aliphatic carbocycles. The standard InChI is InChI=1S/C25H29ClF2N6O/c26-19-11-31-25(34-24(19)33-22-16-2-1-15(9-16)21(22)23(29)35)32-18-8-4-13-3-6-17(30-12-20(27)28)7-5-14(13)10-18/h1-2,4,8,10-11,15-17,20-22,30H,3,5-7,9,12H2,(H2,29,35)(H2,31,32,33,34)/t15-,16+,17?,21+,22-/m1/s1. The molecular formula is C25H29ClF2N6O. The largest absolute Gasteiger partial charge is 0.369 e. The van der Waals surface area contributed by atoms with Gasteiger partial charge in [-0.05, 0) is 67.2 Å². The van der Waals surface area contributed by atoms with Crippen molar-refractivity contribution in [3.8, 4) is 0 Å². The van der Waals surface area contributed by atoms with Gasteiger partial charge < -0.3 is 21.7 Å². The maximum atomic E-state index is 12.6. The van der Waals surface area contributed by atoms with Gasteiger partial charge in [0.15, 0.2) is 5.82 Å². The van der Waals surface area contributed by atoms with Crippen molar-refractivity contribution < 1.29 is 13.6 Å². The predicted molar refractivity (Wildman–Crippen MR) is 132 cm³/mol. The highest BCUT2D eigenvalue weighted by atomic mass is 35.5. The van der Waals surface area contributed by atoms with Crippen LogP contribution in [-0.2, 0) is 17.6 Å². The molecule has 0 saturated heterocycles. The second kappa shape index (κ2) is 10.1. The molecule has 2 aromatic rings. The van der Waals surface area contributed by atoms with E-state index in [-0.39, 0.29) is 42.3 Å². The van der Waals surface area contributed by atoms with Gasteiger partial charge in [0.05, 0.1) is 18.7 Å². The van der Waals surface area contributed by atoms with Crippen LogP contribution in [-0.4, -0.2) is 40.9 Å². The Morgan fingerprint density at radius 3 is 2.71 bits per heavy atom. The second-order valence-electron chi connectivity index (χ2n) is 9.62. The van der Waals surface area contributed by atoms with E-state index >= 15 is 0 Å². The summed E-state index contributed by atoms with van der Waals surface area (Å²) in [6.07, 6.45) is 7.60. The number of aryl methyl sites for hydroxylation is 2. The molecule has 5 N–H and O–H groups in total. The van der Waals surface area contributed by atoms with Crippen molar-refractivity contribution in [2.24, 2.45) is 23.5 Å². The van der Waals surface area contributed by atoms with Crippen LogP contribution in [0.5, 0.6) is 0 Å². The molecule has 1 fully saturated rings. The number of hydrogen-bond donors (Lipinski definition) is 4. The van der Waals surface area contributed by atoms with Crippen molar-refractivity contribution in [3.05, 3.63) is 52.7 Å². The van der Waals surface area contributed by atoms with Crippen LogP contribution in [0.1, 0.15) is 30.4 Å². The fraction of sp³-hybridized carbons (Fsp3) is 0.480. The third-order valence-electron chi connectivity index (χ3n) is 7.38. The first-order valence-electron chi connectivity index (χ1n) is 12.0. The third kappa shape index (κ3) is 5.26. The number of benzene rings is 1. The lowest BCUT2D eigenvalue weighted by molar-refractivity contribution is -0.122. The first-order chi connectivity index (χ1) is 16.9. The monoisotopic (exact) mass is 502 g/mol. The number of amides is 1. The minimum Gasteiger partial charge on any atom is -0.369 e. The minimum atomic E-state index is -2.34. The number of primary amides is 1. The summed E-state index contributed by atoms with van der Waals surface area (Å²) in [6.45, 7) is -0.267. The molecule has 1 aromatic carbocycles. The minimum absolute atomic E-state index is 0.0889. The number of carbonyl (C=O) groups excluding carboxylic acids is 1. The van der Waals surface area contributed by atoms with Crippen molar-refractivity contribution >= 4 is 35.0 Å². The molecule has 0 aliphatic heterocycles. The zero-order valence-corrected chi connectivity index (χ0v) is 19.9. The van der Waals surface area contributed by atoms with Gasteiger partial charge in [0.2, 0.25) is 11.9 Å². The maximum absolute atomic E-state index is 12.6. The number of nitrogens with zero attached hydrogens (tertiary/aromatic N) is 2. The van der Waals surface area contributed by atoms with E-state index < -0.39 is 6.43 Å². The molecular weight excluding hydrogens is 474 g/mol. The average molecular weight is 503 g/mol. The van der Waals surface area contributed by atoms with E-state index in [4.69, 9.17) is 17.3 Å². The molecule has 10 heteroatoms. The number of anilines is 3. The summed E-state index contributed by atoms with van der Waals surface area (Å²) in [5.41, 5.74) is 8.95. The SMILES string of the molecule is NC(=O)[C@@H]1[C@H](Nc2nc(Nc3ccc4c(c3)CCC(NCC(F)F)CC4)ncc2Cl)[C@H]2C=C[C@@H]1C2. The molecule has 1 heterocycles. The topological polar surface area (TPSA) is 105 Å². The Morgan fingerprint density at radius 2 is 1.94 bits per heavy atom. The van der Waals surface area contributed by atoms with Crippen LogP contribution in [0.15, 0.2) is 36.5 Å². The Hall–Kier alpha value is -2.78. The molecule has 1 unspecified atom stereocenters. The number of nitrogens with two attached hydrogens (primary N) is 1. The Kier molecular flexibility index (Phi) is 6.88. The molecule has 3 aliphatic rings. The van der Waals surface area contributed by atoms with E-state index in [9.17, 15) is 13.6 Å². The molecule has 0 spiro atoms. The number of alkyl halides is 2. The van der Waals surface area contributed by atoms with E-state index in [1.54, 1.807) is 0 Å². The van der Waals surface area contributed by atoms with Gasteiger partial charge in [-0.15, -0.1) is 0 Å². The summed E-state index contributed by atoms with van der Waals surface area (Å²) in [6, 6.07) is 6.05. The van der Waals surface area contributed by atoms with Gasteiger partial charge in [-0.1, -0.05) is 29.8 Å². The molecule has 5 atom stereocenters. The number of fused-ring (bicyclic) bond motifs is 3. The smallest absolute Gasteiger partial charge is 0.250 e. The van der Waals surface area contributed by atoms with Crippen LogP contribution in [0.3, 0.4) is 0 Å². The van der Waals surface area contributed by atoms with Gasteiger partial charge in [0, 0.05) is 17.8 Å². The van der Waals surface area contributed by atoms with Crippen molar-refractivity contribution in [3.63, 3.8) is 0 Å². The summed E-state index contributed by atoms with van der Waals surface area (Å²) in [4.78, 5) is 20.9. The number of nitrogens with one attached hydrogen (secondary N) is 3. The van der Waals surface area contributed by atoms with Gasteiger partial charge in [0.25, 0.3) is 6.43 Å². The molecule has 1 saturated carbocycles. The molecule has 186 valence electrons. The fourth-order valence-corrected chi connectivity index (χ4v) is 5.81. The Morgan fingerprint density at radius 1 is 1.17 bits per heavy atom. The van der Waals surface area contributed by atoms with Gasteiger partial charge in [-0.25, -0.2) is 13.8 Å². The van der Waals surface area contributed by atoms with Gasteiger partial charge in [-0.3, -0.25) is 4.79 Å². The Balaban J connectivity index is 1.27. The van der Waals surface area contributed by atoms with Crippen molar-refractivity contribution in [1.82, 2.24) is 15.3 Å². The summed E-state index contributed by atoms with van der Waals surface area (Å²) < 4.78 is 25.1. The first kappa shape index (κ1) is 23.9. The highest BCUT2D eigenvalue weighted by molar-refractivity contribution is 6.32. The van der Waals surface area contributed by atoms with Crippen molar-refractivity contribution in [2.45, 2.75) is 50.6 Å². The molecule has 5 rings (SSSR count). The van der Waals surface area contributed by atoms with Crippen LogP contribution in [0.25, 0.3) is 0 Å². The number of aromatic nitrogens is 2. The van der Waals surface area contributed by atoms with Crippen LogP contribution < -0.4 is 21.7 Å². The molecule has 1 amide bonds. The number of rotatable bonds is 8. The lowest BCUT2D eigenvalue weighted by Crippen LogP contribution is -2.41. The lowest BCUT2D eigenvalue weighted by Gasteiger charge is -2.27. The predicted octanol–water partition coefficient (Wildman–Crippen LogP) is 4.06. The van der Waals surface area contributed by atoms with Gasteiger partial charge in [-0.2, -0.15) is 4.98 Å². The van der Waals surface area contributed by atoms with E-state index in [2.05, 4.69) is 50.2 Å². The second-order valence-corrected chi connectivity index (χ2v) is 10.0. The zero-order valence-electron chi connectivity index (χ0n) is 19.2. The lowest BCUT2D eigenvalue weighted by atomic mass is 9.88. The number of carbonyl (C=O) groups is 1. The van der Waals surface area contributed by atoms with Crippen molar-refractivity contribution in [2.75, 3.05) is 17.2 Å². The van der Waals surface area contributed by atoms with Crippen LogP contribution >= 0.6 is 11.6 Å². The van der Waals surface area contributed by atoms with Crippen LogP contribution in [0.4, 0.5) is 26.2 Å². The van der Waals surface area contributed by atoms with E-state index in [0.29, 0.717) is 16.8 Å². The van der Waals surface area contributed by atoms with E-state index in [1.165, 1.54) is 17.3 Å². The summed E-state index contributed by atoms with van der Waals surface area (Å²) in [7, 11) is 0. The quantitative estimate of drug-likeness (QED) is 0.320. The van der Waals surface area contributed by atoms with E-state index in [1.807, 2.05) is 6.07 Å². The highest BCUT2D eigenvalue weighted by Crippen LogP contribution is 2.45. The number of halogens is 3. The highest BCUT2D eigenvalue weighted by Gasteiger charge is 2.47. The third-order valence-corrected chi connectivity index (χ3v) is 7.66. The van der Waals surface area contributed by atoms with Crippen LogP contribution in [0.2, 0.25) is 5.02 Å². The van der Waals surface area contributed by atoms with Gasteiger partial charge >= 0.3 is 0 Å². The van der Waals surface area contributed by atoms with Crippen molar-refractivity contribution in [1.29, 1.82) is 0 Å². The summed E-state index contributed by atoms with van der Waals surface area (Å²) in [5.74, 6) is 0.595. The number of allylic oxidation sites excluding steroid dienone is 1. The Labute approximate surface area is 207 Å². The summed E-state index contributed by atoms with van der Waals surface area (Å²) >= 11 is 6.38. The zero-order chi connectivity index (χ0) is 24.5. The molecule has 35 heavy (non-hydrogen) atoms. The maximum Gasteiger partial charge on any atom is 0.250 e. The number of hydrogen-bond acceptors (Lipinski definition) is 6. The first-order valence-corrected chi connectivity index (χ1v) is 12.4. The molecule has 2 bridgehead atoms. The average Bonchev–Trinajstić information content (AvgIpc) is 3.37. The fourth-order valence-electron chi connectivity index (χ4n) is 5.67. The van der Waals surface area contributed by atoms with Gasteiger partial charge in [0.1, 0.15) is 5.02 Å². The van der Waals surface area contributed by atoms with E-state index in [0.717, 1.165) is 37.8 Å². The molecule has 1 aromatic heterocycles. The Bertz CT molecular complexity index is 1130. The molecule has 7 nitrogen and oxygen atoms in total. The molecule has 0 radical (unpaired) electrons. The van der Waals surface area contributed by atoms with Crippen LogP contribution in [0, 0.1) is 17.8 Å². The normalized spacial score (nSPS) is 27.0.